The summed E-state index contributed by atoms with van der Waals surface area (Å²) in [6.45, 7) is 5.77. The molecule has 1 aromatic carbocycles. The molecule has 0 radical (unpaired) electrons. The molecule has 1 unspecified atom stereocenters. The zero-order chi connectivity index (χ0) is 18.7. The average Bonchev–Trinajstić information content (AvgIpc) is 3.32. The van der Waals surface area contributed by atoms with E-state index in [2.05, 4.69) is 15.4 Å². The van der Waals surface area contributed by atoms with Crippen LogP contribution in [0.4, 0.5) is 0 Å². The average molecular weight is 368 g/mol. The molecule has 2 aromatic heterocycles. The highest BCUT2D eigenvalue weighted by Crippen LogP contribution is 2.17. The molecule has 3 aromatic rings. The van der Waals surface area contributed by atoms with Crippen LogP contribution in [0.3, 0.4) is 0 Å². The van der Waals surface area contributed by atoms with Crippen LogP contribution in [0.15, 0.2) is 48.2 Å². The lowest BCUT2D eigenvalue weighted by Crippen LogP contribution is -2.44. The second kappa shape index (κ2) is 7.61. The van der Waals surface area contributed by atoms with Crippen LogP contribution >= 0.6 is 11.3 Å². The van der Waals surface area contributed by atoms with Gasteiger partial charge in [0, 0.05) is 29.5 Å². The first-order chi connectivity index (χ1) is 12.5. The first-order valence-electron chi connectivity index (χ1n) is 8.32. The van der Waals surface area contributed by atoms with Crippen molar-refractivity contribution in [3.8, 4) is 5.69 Å². The lowest BCUT2D eigenvalue weighted by molar-refractivity contribution is 0.0831. The molecule has 0 fully saturated rings. The quantitative estimate of drug-likeness (QED) is 0.678. The van der Waals surface area contributed by atoms with Crippen molar-refractivity contribution >= 4 is 23.0 Å². The van der Waals surface area contributed by atoms with Gasteiger partial charge in [0.2, 0.25) is 5.78 Å². The second-order valence-corrected chi connectivity index (χ2v) is 7.24. The number of nitrogens with zero attached hydrogens (tertiary/aromatic N) is 3. The van der Waals surface area contributed by atoms with Gasteiger partial charge < -0.3 is 5.32 Å². The van der Waals surface area contributed by atoms with Gasteiger partial charge in [-0.15, -0.1) is 11.3 Å². The van der Waals surface area contributed by atoms with Crippen molar-refractivity contribution in [1.29, 1.82) is 0 Å². The molecule has 0 aliphatic carbocycles. The molecule has 1 atom stereocenters. The maximum Gasteiger partial charge on any atom is 0.251 e. The third-order valence-electron chi connectivity index (χ3n) is 4.10. The Labute approximate surface area is 155 Å². The number of nitrogens with one attached hydrogen (secondary N) is 1. The lowest BCUT2D eigenvalue weighted by Gasteiger charge is -2.20. The Morgan fingerprint density at radius 1 is 1.23 bits per heavy atom. The van der Waals surface area contributed by atoms with Crippen LogP contribution in [0.2, 0.25) is 0 Å². The smallest absolute Gasteiger partial charge is 0.251 e. The highest BCUT2D eigenvalue weighted by molar-refractivity contribution is 7.11. The summed E-state index contributed by atoms with van der Waals surface area (Å²) in [6, 6.07) is 6.61. The first kappa shape index (κ1) is 18.0. The number of amides is 1. The van der Waals surface area contributed by atoms with Gasteiger partial charge in [0.15, 0.2) is 5.01 Å². The summed E-state index contributed by atoms with van der Waals surface area (Å²) in [5.41, 5.74) is 2.32. The standard InChI is InChI=1S/C19H20N4O2S/c1-12(2)16(17(24)19-20-8-10-26-19)22-18(25)14-6-5-13(3)15(11-14)23-9-4-7-21-23/h4-12,16H,1-3H3,(H,22,25). The Kier molecular flexibility index (Phi) is 5.27. The van der Waals surface area contributed by atoms with Gasteiger partial charge in [0.05, 0.1) is 11.7 Å². The maximum atomic E-state index is 12.8. The van der Waals surface area contributed by atoms with Crippen LogP contribution in [-0.4, -0.2) is 32.5 Å². The van der Waals surface area contributed by atoms with Crippen LogP contribution in [-0.2, 0) is 0 Å². The SMILES string of the molecule is Cc1ccc(C(=O)NC(C(=O)c2nccs2)C(C)C)cc1-n1cccn1. The van der Waals surface area contributed by atoms with Crippen molar-refractivity contribution in [3.63, 3.8) is 0 Å². The molecule has 3 rings (SSSR count). The summed E-state index contributed by atoms with van der Waals surface area (Å²) in [5, 5.41) is 9.24. The van der Waals surface area contributed by atoms with E-state index in [4.69, 9.17) is 0 Å². The Balaban J connectivity index is 1.84. The molecule has 0 bridgehead atoms. The van der Waals surface area contributed by atoms with Crippen molar-refractivity contribution in [2.75, 3.05) is 0 Å². The molecular weight excluding hydrogens is 348 g/mol. The number of rotatable bonds is 6. The molecule has 0 saturated heterocycles. The molecule has 134 valence electrons. The van der Waals surface area contributed by atoms with Crippen molar-refractivity contribution < 1.29 is 9.59 Å². The van der Waals surface area contributed by atoms with Gasteiger partial charge in [0.25, 0.3) is 5.91 Å². The molecular formula is C19H20N4O2S. The Hall–Kier alpha value is -2.80. The van der Waals surface area contributed by atoms with E-state index in [-0.39, 0.29) is 17.6 Å². The first-order valence-corrected chi connectivity index (χ1v) is 9.20. The van der Waals surface area contributed by atoms with E-state index in [0.29, 0.717) is 10.6 Å². The molecule has 7 heteroatoms. The van der Waals surface area contributed by atoms with E-state index in [9.17, 15) is 9.59 Å². The fourth-order valence-corrected chi connectivity index (χ4v) is 3.26. The number of Topliss-reactive ketones (excluding diaryl/α,β-unsaturated/α-hetero) is 1. The molecule has 0 aliphatic rings. The van der Waals surface area contributed by atoms with E-state index in [1.165, 1.54) is 11.3 Å². The maximum absolute atomic E-state index is 12.8. The minimum absolute atomic E-state index is 0.0496. The van der Waals surface area contributed by atoms with Gasteiger partial charge in [-0.3, -0.25) is 9.59 Å². The van der Waals surface area contributed by atoms with Gasteiger partial charge in [-0.1, -0.05) is 19.9 Å². The molecule has 0 aliphatic heterocycles. The third kappa shape index (κ3) is 3.72. The number of ketones is 1. The molecule has 0 spiro atoms. The zero-order valence-corrected chi connectivity index (χ0v) is 15.7. The second-order valence-electron chi connectivity index (χ2n) is 6.35. The number of carbonyl (C=O) groups is 2. The Bertz CT molecular complexity index is 902. The van der Waals surface area contributed by atoms with E-state index in [0.717, 1.165) is 11.3 Å². The topological polar surface area (TPSA) is 76.9 Å². The summed E-state index contributed by atoms with van der Waals surface area (Å²) in [6.07, 6.45) is 5.11. The van der Waals surface area contributed by atoms with E-state index >= 15 is 0 Å². The summed E-state index contributed by atoms with van der Waals surface area (Å²) < 4.78 is 1.72. The molecule has 26 heavy (non-hydrogen) atoms. The van der Waals surface area contributed by atoms with Crippen LogP contribution in [0.25, 0.3) is 5.69 Å². The van der Waals surface area contributed by atoms with Crippen molar-refractivity contribution in [2.45, 2.75) is 26.8 Å². The van der Waals surface area contributed by atoms with Crippen molar-refractivity contribution in [3.05, 3.63) is 64.4 Å². The van der Waals surface area contributed by atoms with Crippen LogP contribution in [0.1, 0.15) is 39.6 Å². The fourth-order valence-electron chi connectivity index (χ4n) is 2.65. The normalized spacial score (nSPS) is 12.2. The van der Waals surface area contributed by atoms with Gasteiger partial charge >= 0.3 is 0 Å². The summed E-state index contributed by atoms with van der Waals surface area (Å²) in [4.78, 5) is 29.5. The predicted molar refractivity (Wildman–Crippen MR) is 101 cm³/mol. The van der Waals surface area contributed by atoms with Crippen LogP contribution in [0.5, 0.6) is 0 Å². The minimum atomic E-state index is -0.622. The fraction of sp³-hybridized carbons (Fsp3) is 0.263. The molecule has 1 amide bonds. The zero-order valence-electron chi connectivity index (χ0n) is 14.8. The Morgan fingerprint density at radius 2 is 2.04 bits per heavy atom. The van der Waals surface area contributed by atoms with Gasteiger partial charge in [-0.05, 0) is 36.6 Å². The van der Waals surface area contributed by atoms with Gasteiger partial charge in [-0.25, -0.2) is 9.67 Å². The van der Waals surface area contributed by atoms with Gasteiger partial charge in [-0.2, -0.15) is 5.10 Å². The number of aryl methyl sites for hydroxylation is 1. The number of hydrogen-bond donors (Lipinski definition) is 1. The predicted octanol–water partition coefficient (Wildman–Crippen LogP) is 3.27. The van der Waals surface area contributed by atoms with Crippen molar-refractivity contribution in [2.24, 2.45) is 5.92 Å². The number of thiazole rings is 1. The largest absolute Gasteiger partial charge is 0.341 e. The minimum Gasteiger partial charge on any atom is -0.341 e. The highest BCUT2D eigenvalue weighted by Gasteiger charge is 2.27. The monoisotopic (exact) mass is 368 g/mol. The number of hydrogen-bond acceptors (Lipinski definition) is 5. The highest BCUT2D eigenvalue weighted by atomic mass is 32.1. The van der Waals surface area contributed by atoms with E-state index in [1.54, 1.807) is 34.6 Å². The van der Waals surface area contributed by atoms with Crippen LogP contribution < -0.4 is 5.32 Å². The summed E-state index contributed by atoms with van der Waals surface area (Å²) in [7, 11) is 0. The van der Waals surface area contributed by atoms with E-state index < -0.39 is 6.04 Å². The molecule has 1 N–H and O–H groups in total. The molecule has 2 heterocycles. The molecule has 6 nitrogen and oxygen atoms in total. The van der Waals surface area contributed by atoms with Crippen molar-refractivity contribution in [1.82, 2.24) is 20.1 Å². The summed E-state index contributed by atoms with van der Waals surface area (Å²) in [5.74, 6) is -0.504. The van der Waals surface area contributed by atoms with Crippen LogP contribution in [0, 0.1) is 12.8 Å². The van der Waals surface area contributed by atoms with E-state index in [1.807, 2.05) is 39.1 Å². The number of benzene rings is 1. The third-order valence-corrected chi connectivity index (χ3v) is 4.89. The number of aromatic nitrogens is 3. The molecule has 0 saturated carbocycles. The lowest BCUT2D eigenvalue weighted by atomic mass is 9.99. The summed E-state index contributed by atoms with van der Waals surface area (Å²) >= 11 is 1.28. The Morgan fingerprint density at radius 3 is 2.65 bits per heavy atom. The van der Waals surface area contributed by atoms with Gasteiger partial charge in [0.1, 0.15) is 0 Å². The number of carbonyl (C=O) groups excluding carboxylic acids is 2.